The molecule has 0 unspecified atom stereocenters. The van der Waals surface area contributed by atoms with E-state index in [0.29, 0.717) is 5.92 Å². The van der Waals surface area contributed by atoms with Crippen molar-refractivity contribution in [1.29, 1.82) is 0 Å². The minimum absolute atomic E-state index is 0.120. The van der Waals surface area contributed by atoms with E-state index in [4.69, 9.17) is 5.11 Å². The molecule has 2 heterocycles. The molecule has 0 aliphatic carbocycles. The molecule has 0 bridgehead atoms. The van der Waals surface area contributed by atoms with E-state index in [-0.39, 0.29) is 6.54 Å². The third kappa shape index (κ3) is 4.14. The minimum atomic E-state index is -0.763. The molecule has 6 nitrogen and oxygen atoms in total. The van der Waals surface area contributed by atoms with Gasteiger partial charge in [0.25, 0.3) is 0 Å². The second kappa shape index (κ2) is 6.85. The first kappa shape index (κ1) is 15.7. The third-order valence-electron chi connectivity index (χ3n) is 3.72. The van der Waals surface area contributed by atoms with Crippen LogP contribution < -0.4 is 4.90 Å². The topological polar surface area (TPSA) is 69.6 Å². The van der Waals surface area contributed by atoms with Gasteiger partial charge in [-0.1, -0.05) is 20.8 Å². The highest BCUT2D eigenvalue weighted by atomic mass is 16.4. The molecule has 0 aromatic carbocycles. The summed E-state index contributed by atoms with van der Waals surface area (Å²) in [4.78, 5) is 24.2. The van der Waals surface area contributed by atoms with E-state index >= 15 is 0 Å². The molecular formula is C15H24N4O2. The fourth-order valence-electron chi connectivity index (χ4n) is 2.43. The molecule has 1 aliphatic rings. The molecular weight excluding hydrogens is 268 g/mol. The summed E-state index contributed by atoms with van der Waals surface area (Å²) in [5.41, 5.74) is 1.07. The van der Waals surface area contributed by atoms with Crippen LogP contribution in [0.4, 0.5) is 5.82 Å². The summed E-state index contributed by atoms with van der Waals surface area (Å²) >= 11 is 0. The van der Waals surface area contributed by atoms with Gasteiger partial charge >= 0.3 is 5.97 Å². The van der Waals surface area contributed by atoms with E-state index in [0.717, 1.165) is 49.9 Å². The average Bonchev–Trinajstić information content (AvgIpc) is 2.46. The fraction of sp³-hybridized carbons (Fsp3) is 0.667. The average molecular weight is 292 g/mol. The number of aryl methyl sites for hydroxylation is 1. The molecule has 1 aromatic heterocycles. The highest BCUT2D eigenvalue weighted by molar-refractivity contribution is 5.69. The van der Waals surface area contributed by atoms with Gasteiger partial charge in [0.15, 0.2) is 0 Å². The summed E-state index contributed by atoms with van der Waals surface area (Å²) in [5.74, 6) is 1.40. The molecule has 1 aliphatic heterocycles. The monoisotopic (exact) mass is 292 g/mol. The number of anilines is 1. The molecule has 2 rings (SSSR count). The van der Waals surface area contributed by atoms with E-state index in [9.17, 15) is 4.79 Å². The third-order valence-corrected chi connectivity index (χ3v) is 3.72. The van der Waals surface area contributed by atoms with Crippen LogP contribution in [0.5, 0.6) is 0 Å². The van der Waals surface area contributed by atoms with Crippen LogP contribution in [-0.4, -0.2) is 58.7 Å². The molecule has 0 spiro atoms. The molecule has 6 heteroatoms. The molecule has 116 valence electrons. The Hall–Kier alpha value is -1.69. The number of hydrogen-bond donors (Lipinski definition) is 1. The first-order valence-electron chi connectivity index (χ1n) is 7.56. The van der Waals surface area contributed by atoms with Crippen molar-refractivity contribution in [2.45, 2.75) is 33.1 Å². The van der Waals surface area contributed by atoms with Crippen molar-refractivity contribution < 1.29 is 9.90 Å². The molecule has 0 radical (unpaired) electrons. The van der Waals surface area contributed by atoms with E-state index in [1.165, 1.54) is 0 Å². The van der Waals surface area contributed by atoms with Crippen LogP contribution in [0.2, 0.25) is 0 Å². The van der Waals surface area contributed by atoms with Gasteiger partial charge in [0, 0.05) is 43.9 Å². The van der Waals surface area contributed by atoms with Crippen molar-refractivity contribution in [3.8, 4) is 0 Å². The van der Waals surface area contributed by atoms with Crippen molar-refractivity contribution in [3.05, 3.63) is 17.6 Å². The smallest absolute Gasteiger partial charge is 0.317 e. The normalized spacial score (nSPS) is 16.5. The number of rotatable bonds is 5. The Labute approximate surface area is 125 Å². The number of aromatic nitrogens is 2. The van der Waals surface area contributed by atoms with Gasteiger partial charge in [-0.05, 0) is 6.42 Å². The zero-order valence-electron chi connectivity index (χ0n) is 13.0. The maximum Gasteiger partial charge on any atom is 0.317 e. The van der Waals surface area contributed by atoms with Gasteiger partial charge in [-0.3, -0.25) is 9.69 Å². The van der Waals surface area contributed by atoms with Crippen LogP contribution in [0.25, 0.3) is 0 Å². The van der Waals surface area contributed by atoms with Crippen LogP contribution in [0, 0.1) is 0 Å². The standard InChI is InChI=1S/C15H24N4O2/c1-4-12-9-13(17-15(16-12)11(2)3)19-7-5-18(6-8-19)10-14(20)21/h9,11H,4-8,10H2,1-3H3,(H,20,21). The quantitative estimate of drug-likeness (QED) is 0.884. The van der Waals surface area contributed by atoms with Gasteiger partial charge in [0.1, 0.15) is 11.6 Å². The van der Waals surface area contributed by atoms with Gasteiger partial charge in [0.2, 0.25) is 0 Å². The van der Waals surface area contributed by atoms with Crippen LogP contribution in [0.1, 0.15) is 38.2 Å². The summed E-state index contributed by atoms with van der Waals surface area (Å²) in [5, 5.41) is 8.84. The largest absolute Gasteiger partial charge is 0.480 e. The molecule has 1 N–H and O–H groups in total. The lowest BCUT2D eigenvalue weighted by Crippen LogP contribution is -2.48. The number of carboxylic acids is 1. The first-order chi connectivity index (χ1) is 9.99. The number of carbonyl (C=O) groups is 1. The van der Waals surface area contributed by atoms with Gasteiger partial charge < -0.3 is 10.0 Å². The maximum atomic E-state index is 10.7. The van der Waals surface area contributed by atoms with E-state index in [1.807, 2.05) is 4.90 Å². The molecule has 1 fully saturated rings. The van der Waals surface area contributed by atoms with Crippen LogP contribution in [0.15, 0.2) is 6.07 Å². The lowest BCUT2D eigenvalue weighted by molar-refractivity contribution is -0.138. The number of nitrogens with zero attached hydrogens (tertiary/aromatic N) is 4. The van der Waals surface area contributed by atoms with Gasteiger partial charge in [-0.2, -0.15) is 0 Å². The molecule has 0 amide bonds. The second-order valence-electron chi connectivity index (χ2n) is 5.74. The highest BCUT2D eigenvalue weighted by Gasteiger charge is 2.20. The summed E-state index contributed by atoms with van der Waals surface area (Å²) in [6.07, 6.45) is 0.897. The first-order valence-corrected chi connectivity index (χ1v) is 7.56. The highest BCUT2D eigenvalue weighted by Crippen LogP contribution is 2.19. The van der Waals surface area contributed by atoms with E-state index < -0.39 is 5.97 Å². The summed E-state index contributed by atoms with van der Waals surface area (Å²) < 4.78 is 0. The molecule has 0 saturated carbocycles. The summed E-state index contributed by atoms with van der Waals surface area (Å²) in [6.45, 7) is 9.56. The van der Waals surface area contributed by atoms with Gasteiger partial charge in [-0.15, -0.1) is 0 Å². The van der Waals surface area contributed by atoms with Crippen LogP contribution in [-0.2, 0) is 11.2 Å². The Kier molecular flexibility index (Phi) is 5.12. The van der Waals surface area contributed by atoms with Crippen molar-refractivity contribution in [3.63, 3.8) is 0 Å². The van der Waals surface area contributed by atoms with Crippen molar-refractivity contribution in [2.24, 2.45) is 0 Å². The second-order valence-corrected chi connectivity index (χ2v) is 5.74. The summed E-state index contributed by atoms with van der Waals surface area (Å²) in [7, 11) is 0. The molecule has 0 atom stereocenters. The Bertz CT molecular complexity index is 496. The Morgan fingerprint density at radius 2 is 1.95 bits per heavy atom. The predicted octanol–water partition coefficient (Wildman–Crippen LogP) is 1.37. The number of carboxylic acid groups (broad SMARTS) is 1. The fourth-order valence-corrected chi connectivity index (χ4v) is 2.43. The Morgan fingerprint density at radius 3 is 2.48 bits per heavy atom. The summed E-state index contributed by atoms with van der Waals surface area (Å²) in [6, 6.07) is 2.05. The number of hydrogen-bond acceptors (Lipinski definition) is 5. The van der Waals surface area contributed by atoms with E-state index in [2.05, 4.69) is 41.7 Å². The minimum Gasteiger partial charge on any atom is -0.480 e. The lowest BCUT2D eigenvalue weighted by atomic mass is 10.2. The molecule has 21 heavy (non-hydrogen) atoms. The number of piperazine rings is 1. The Morgan fingerprint density at radius 1 is 1.29 bits per heavy atom. The van der Waals surface area contributed by atoms with Crippen LogP contribution >= 0.6 is 0 Å². The van der Waals surface area contributed by atoms with Crippen molar-refractivity contribution >= 4 is 11.8 Å². The SMILES string of the molecule is CCc1cc(N2CCN(CC(=O)O)CC2)nc(C(C)C)n1. The van der Waals surface area contributed by atoms with Crippen LogP contribution in [0.3, 0.4) is 0 Å². The van der Waals surface area contributed by atoms with Crippen molar-refractivity contribution in [1.82, 2.24) is 14.9 Å². The zero-order valence-corrected chi connectivity index (χ0v) is 13.0. The Balaban J connectivity index is 2.09. The van der Waals surface area contributed by atoms with Gasteiger partial charge in [-0.25, -0.2) is 9.97 Å². The van der Waals surface area contributed by atoms with Crippen molar-refractivity contribution in [2.75, 3.05) is 37.6 Å². The predicted molar refractivity (Wildman–Crippen MR) is 81.8 cm³/mol. The lowest BCUT2D eigenvalue weighted by Gasteiger charge is -2.34. The zero-order chi connectivity index (χ0) is 15.4. The molecule has 1 saturated heterocycles. The van der Waals surface area contributed by atoms with E-state index in [1.54, 1.807) is 0 Å². The van der Waals surface area contributed by atoms with Gasteiger partial charge in [0.05, 0.1) is 6.54 Å². The maximum absolute atomic E-state index is 10.7. The number of aliphatic carboxylic acids is 1. The molecule has 1 aromatic rings.